The highest BCUT2D eigenvalue weighted by atomic mass is 32.2. The standard InChI is InChI=1S/C20H23N3O2S2/c1-13(24)21-15-3-2-4-16(11-15)26-19-6-5-18(27-19)20(25)22-17-12-23-9-7-14(17)8-10-23/h2-6,11,14,17H,7-10,12H2,1H3,(H,21,24)(H,22,25). The Labute approximate surface area is 167 Å². The minimum Gasteiger partial charge on any atom is -0.347 e. The maximum absolute atomic E-state index is 12.7. The Hall–Kier alpha value is -1.83. The van der Waals surface area contributed by atoms with Gasteiger partial charge in [0, 0.05) is 30.1 Å². The van der Waals surface area contributed by atoms with Crippen molar-refractivity contribution in [2.24, 2.45) is 5.92 Å². The summed E-state index contributed by atoms with van der Waals surface area (Å²) in [6, 6.07) is 11.9. The van der Waals surface area contributed by atoms with E-state index in [9.17, 15) is 9.59 Å². The fourth-order valence-corrected chi connectivity index (χ4v) is 5.89. The number of nitrogens with zero attached hydrogens (tertiary/aromatic N) is 1. The maximum Gasteiger partial charge on any atom is 0.261 e. The average molecular weight is 402 g/mol. The number of carbonyl (C=O) groups excluding carboxylic acids is 2. The molecule has 3 fully saturated rings. The van der Waals surface area contributed by atoms with Gasteiger partial charge in [-0.1, -0.05) is 17.8 Å². The quantitative estimate of drug-likeness (QED) is 0.802. The van der Waals surface area contributed by atoms with Gasteiger partial charge in [0.2, 0.25) is 5.91 Å². The third kappa shape index (κ3) is 4.54. The molecule has 0 spiro atoms. The number of benzene rings is 1. The van der Waals surface area contributed by atoms with E-state index < -0.39 is 0 Å². The first-order chi connectivity index (χ1) is 13.1. The zero-order valence-corrected chi connectivity index (χ0v) is 16.9. The molecule has 2 aromatic rings. The van der Waals surface area contributed by atoms with Gasteiger partial charge in [-0.2, -0.15) is 0 Å². The SMILES string of the molecule is CC(=O)Nc1cccc(Sc2ccc(C(=O)NC3CN4CCC3CC4)s2)c1. The molecule has 27 heavy (non-hydrogen) atoms. The topological polar surface area (TPSA) is 61.4 Å². The van der Waals surface area contributed by atoms with Gasteiger partial charge in [-0.3, -0.25) is 9.59 Å². The van der Waals surface area contributed by atoms with Crippen molar-refractivity contribution in [3.63, 3.8) is 0 Å². The zero-order valence-electron chi connectivity index (χ0n) is 15.2. The molecule has 5 rings (SSSR count). The van der Waals surface area contributed by atoms with Gasteiger partial charge in [0.15, 0.2) is 0 Å². The lowest BCUT2D eigenvalue weighted by molar-refractivity contribution is -0.114. The molecule has 0 saturated carbocycles. The van der Waals surface area contributed by atoms with Crippen LogP contribution in [0.25, 0.3) is 0 Å². The maximum atomic E-state index is 12.7. The fraction of sp³-hybridized carbons (Fsp3) is 0.400. The summed E-state index contributed by atoms with van der Waals surface area (Å²) < 4.78 is 1.06. The molecule has 3 saturated heterocycles. The van der Waals surface area contributed by atoms with E-state index in [1.165, 1.54) is 44.2 Å². The lowest BCUT2D eigenvalue weighted by atomic mass is 9.84. The Balaban J connectivity index is 1.38. The van der Waals surface area contributed by atoms with Crippen LogP contribution in [0.5, 0.6) is 0 Å². The molecule has 142 valence electrons. The van der Waals surface area contributed by atoms with Crippen LogP contribution in [0.3, 0.4) is 0 Å². The zero-order chi connectivity index (χ0) is 18.8. The predicted molar refractivity (Wildman–Crippen MR) is 110 cm³/mol. The van der Waals surface area contributed by atoms with Crippen molar-refractivity contribution < 1.29 is 9.59 Å². The average Bonchev–Trinajstić information content (AvgIpc) is 3.11. The van der Waals surface area contributed by atoms with E-state index in [-0.39, 0.29) is 17.9 Å². The van der Waals surface area contributed by atoms with Gasteiger partial charge in [-0.05, 0) is 62.2 Å². The highest BCUT2D eigenvalue weighted by Crippen LogP contribution is 2.35. The monoisotopic (exact) mass is 401 g/mol. The summed E-state index contributed by atoms with van der Waals surface area (Å²) in [7, 11) is 0. The van der Waals surface area contributed by atoms with Gasteiger partial charge >= 0.3 is 0 Å². The van der Waals surface area contributed by atoms with E-state index in [2.05, 4.69) is 15.5 Å². The van der Waals surface area contributed by atoms with Crippen molar-refractivity contribution in [2.45, 2.75) is 34.9 Å². The summed E-state index contributed by atoms with van der Waals surface area (Å²) in [5.41, 5.74) is 0.782. The summed E-state index contributed by atoms with van der Waals surface area (Å²) in [5, 5.41) is 6.04. The van der Waals surface area contributed by atoms with Crippen LogP contribution in [-0.4, -0.2) is 42.4 Å². The molecule has 4 heterocycles. The molecular formula is C20H23N3O2S2. The molecule has 1 unspecified atom stereocenters. The third-order valence-electron chi connectivity index (χ3n) is 5.15. The Morgan fingerprint density at radius 1 is 1.19 bits per heavy atom. The fourth-order valence-electron chi connectivity index (χ4n) is 3.82. The highest BCUT2D eigenvalue weighted by molar-refractivity contribution is 8.01. The third-order valence-corrected chi connectivity index (χ3v) is 7.36. The van der Waals surface area contributed by atoms with Crippen molar-refractivity contribution >= 4 is 40.6 Å². The summed E-state index contributed by atoms with van der Waals surface area (Å²) >= 11 is 3.12. The molecule has 2 N–H and O–H groups in total. The first-order valence-corrected chi connectivity index (χ1v) is 10.9. The van der Waals surface area contributed by atoms with Crippen LogP contribution in [0, 0.1) is 5.92 Å². The van der Waals surface area contributed by atoms with Gasteiger partial charge < -0.3 is 15.5 Å². The number of hydrogen-bond acceptors (Lipinski definition) is 5. The first-order valence-electron chi connectivity index (χ1n) is 9.25. The number of rotatable bonds is 5. The lowest BCUT2D eigenvalue weighted by Crippen LogP contribution is -2.57. The Morgan fingerprint density at radius 2 is 2.00 bits per heavy atom. The molecule has 7 heteroatoms. The number of fused-ring (bicyclic) bond motifs is 3. The Morgan fingerprint density at radius 3 is 2.70 bits per heavy atom. The number of thiophene rings is 1. The van der Waals surface area contributed by atoms with E-state index in [1.54, 1.807) is 11.8 Å². The minimum absolute atomic E-state index is 0.0394. The molecule has 1 aromatic heterocycles. The summed E-state index contributed by atoms with van der Waals surface area (Å²) in [6.45, 7) is 4.83. The number of anilines is 1. The van der Waals surface area contributed by atoms with Crippen LogP contribution < -0.4 is 10.6 Å². The van der Waals surface area contributed by atoms with Gasteiger partial charge in [-0.15, -0.1) is 11.3 Å². The van der Waals surface area contributed by atoms with Crippen LogP contribution >= 0.6 is 23.1 Å². The molecule has 2 amide bonds. The van der Waals surface area contributed by atoms with Gasteiger partial charge in [0.1, 0.15) is 0 Å². The number of amides is 2. The molecular weight excluding hydrogens is 378 g/mol. The van der Waals surface area contributed by atoms with Crippen LogP contribution in [-0.2, 0) is 4.79 Å². The Bertz CT molecular complexity index is 843. The largest absolute Gasteiger partial charge is 0.347 e. The van der Waals surface area contributed by atoms with E-state index in [4.69, 9.17) is 0 Å². The van der Waals surface area contributed by atoms with E-state index in [0.29, 0.717) is 5.92 Å². The minimum atomic E-state index is -0.0834. The van der Waals surface area contributed by atoms with Crippen LogP contribution in [0.1, 0.15) is 29.4 Å². The van der Waals surface area contributed by atoms with Crippen molar-refractivity contribution in [3.8, 4) is 0 Å². The Kier molecular flexibility index (Phi) is 5.52. The first kappa shape index (κ1) is 18.5. The second-order valence-electron chi connectivity index (χ2n) is 7.15. The molecule has 3 aliphatic heterocycles. The molecule has 1 atom stereocenters. The predicted octanol–water partition coefficient (Wildman–Crippen LogP) is 3.68. The molecule has 1 aromatic carbocycles. The number of piperidine rings is 3. The van der Waals surface area contributed by atoms with E-state index in [1.807, 2.05) is 36.4 Å². The molecule has 5 nitrogen and oxygen atoms in total. The summed E-state index contributed by atoms with van der Waals surface area (Å²) in [6.07, 6.45) is 2.39. The van der Waals surface area contributed by atoms with Crippen LogP contribution in [0.4, 0.5) is 5.69 Å². The van der Waals surface area contributed by atoms with Crippen molar-refractivity contribution in [1.82, 2.24) is 10.2 Å². The number of carbonyl (C=O) groups is 2. The number of nitrogens with one attached hydrogen (secondary N) is 2. The van der Waals surface area contributed by atoms with Crippen LogP contribution in [0.15, 0.2) is 45.5 Å². The van der Waals surface area contributed by atoms with E-state index >= 15 is 0 Å². The summed E-state index contributed by atoms with van der Waals surface area (Å²) in [5.74, 6) is 0.585. The van der Waals surface area contributed by atoms with Crippen molar-refractivity contribution in [1.29, 1.82) is 0 Å². The molecule has 0 aliphatic carbocycles. The second-order valence-corrected chi connectivity index (χ2v) is 9.61. The summed E-state index contributed by atoms with van der Waals surface area (Å²) in [4.78, 5) is 28.1. The van der Waals surface area contributed by atoms with Crippen molar-refractivity contribution in [3.05, 3.63) is 41.3 Å². The van der Waals surface area contributed by atoms with Gasteiger partial charge in [0.05, 0.1) is 9.09 Å². The van der Waals surface area contributed by atoms with E-state index in [0.717, 1.165) is 26.2 Å². The molecule has 3 aliphatic rings. The molecule has 2 bridgehead atoms. The smallest absolute Gasteiger partial charge is 0.261 e. The normalized spacial score (nSPS) is 23.8. The van der Waals surface area contributed by atoms with Gasteiger partial charge in [0.25, 0.3) is 5.91 Å². The second kappa shape index (κ2) is 8.04. The van der Waals surface area contributed by atoms with Crippen molar-refractivity contribution in [2.75, 3.05) is 25.0 Å². The molecule has 0 radical (unpaired) electrons. The van der Waals surface area contributed by atoms with Crippen LogP contribution in [0.2, 0.25) is 0 Å². The lowest BCUT2D eigenvalue weighted by Gasteiger charge is -2.44. The van der Waals surface area contributed by atoms with Gasteiger partial charge in [-0.25, -0.2) is 0 Å². The number of hydrogen-bond donors (Lipinski definition) is 2. The highest BCUT2D eigenvalue weighted by Gasteiger charge is 2.35.